The fourth-order valence-electron chi connectivity index (χ4n) is 3.07. The molecule has 0 fully saturated rings. The largest absolute Gasteiger partial charge is 0.400 e. The zero-order valence-electron chi connectivity index (χ0n) is 13.8. The van der Waals surface area contributed by atoms with Gasteiger partial charge in [0.15, 0.2) is 0 Å². The molecule has 2 nitrogen and oxygen atoms in total. The number of hydrogen-bond donors (Lipinski definition) is 0. The molecule has 0 saturated heterocycles. The first-order valence-electron chi connectivity index (χ1n) is 6.93. The summed E-state index contributed by atoms with van der Waals surface area (Å²) in [5.74, 6) is 0. The molecule has 18 heavy (non-hydrogen) atoms. The normalized spacial score (nSPS) is 15.5. The predicted molar refractivity (Wildman–Crippen MR) is 93.7 cm³/mol. The summed E-state index contributed by atoms with van der Waals surface area (Å²) in [6, 6.07) is 1.21. The Balaban J connectivity index is 5.06. The van der Waals surface area contributed by atoms with E-state index >= 15 is 0 Å². The molecule has 6 heteroatoms. The summed E-state index contributed by atoms with van der Waals surface area (Å²) in [6.07, 6.45) is 1.30. The molecule has 0 aromatic rings. The van der Waals surface area contributed by atoms with Gasteiger partial charge in [0, 0.05) is 14.2 Å². The van der Waals surface area contributed by atoms with Crippen molar-refractivity contribution in [2.45, 2.75) is 64.3 Å². The molecule has 0 heterocycles. The van der Waals surface area contributed by atoms with E-state index in [1.165, 1.54) is 12.5 Å². The summed E-state index contributed by atoms with van der Waals surface area (Å²) in [7, 11) is 0.310. The van der Waals surface area contributed by atoms with Crippen molar-refractivity contribution in [3.05, 3.63) is 0 Å². The van der Waals surface area contributed by atoms with Gasteiger partial charge in [0.2, 0.25) is 0 Å². The molecule has 0 bridgehead atoms. The average molecular weight is 325 g/mol. The molecule has 0 saturated carbocycles. The summed E-state index contributed by atoms with van der Waals surface area (Å²) in [5, 5.41) is 0. The van der Waals surface area contributed by atoms with Crippen LogP contribution in [0.25, 0.3) is 0 Å². The second kappa shape index (κ2) is 7.70. The lowest BCUT2D eigenvalue weighted by atomic mass is 10.4. The van der Waals surface area contributed by atoms with E-state index in [-0.39, 0.29) is 7.02 Å². The van der Waals surface area contributed by atoms with Crippen LogP contribution in [0.15, 0.2) is 0 Å². The maximum absolute atomic E-state index is 5.57. The van der Waals surface area contributed by atoms with Crippen molar-refractivity contribution in [1.29, 1.82) is 0 Å². The van der Waals surface area contributed by atoms with E-state index in [4.69, 9.17) is 8.85 Å². The predicted octanol–water partition coefficient (Wildman–Crippen LogP) is 4.43. The quantitative estimate of drug-likeness (QED) is 0.486. The van der Waals surface area contributed by atoms with Crippen LogP contribution in [0, 0.1) is 0 Å². The lowest BCUT2D eigenvalue weighted by Gasteiger charge is -2.45. The van der Waals surface area contributed by atoms with Crippen molar-refractivity contribution in [2.75, 3.05) is 14.2 Å². The first-order valence-corrected chi connectivity index (χ1v) is 18.8. The molecule has 0 aliphatic carbocycles. The van der Waals surface area contributed by atoms with Gasteiger partial charge in [0.05, 0.1) is 15.5 Å². The van der Waals surface area contributed by atoms with Crippen LogP contribution in [0.2, 0.25) is 45.3 Å². The van der Waals surface area contributed by atoms with Crippen LogP contribution in [0.3, 0.4) is 0 Å². The van der Waals surface area contributed by atoms with Crippen LogP contribution in [0.1, 0.15) is 13.3 Å². The Hall–Kier alpha value is 1.00. The third-order valence-corrected chi connectivity index (χ3v) is 32.8. The Morgan fingerprint density at radius 3 is 1.56 bits per heavy atom. The van der Waals surface area contributed by atoms with Gasteiger partial charge >= 0.3 is 9.28 Å². The van der Waals surface area contributed by atoms with Crippen LogP contribution >= 0.6 is 7.02 Å². The van der Waals surface area contributed by atoms with Gasteiger partial charge in [0.25, 0.3) is 0 Å². The summed E-state index contributed by atoms with van der Waals surface area (Å²) < 4.78 is 11.1. The van der Waals surface area contributed by atoms with E-state index in [0.717, 1.165) is 5.66 Å². The lowest BCUT2D eigenvalue weighted by Crippen LogP contribution is -2.39. The van der Waals surface area contributed by atoms with Gasteiger partial charge in [-0.05, 0) is 11.7 Å². The highest BCUT2D eigenvalue weighted by Gasteiger charge is 2.42. The van der Waals surface area contributed by atoms with Crippen molar-refractivity contribution < 1.29 is 8.85 Å². The monoisotopic (exact) mass is 324 g/mol. The summed E-state index contributed by atoms with van der Waals surface area (Å²) in [6.45, 7) is 17.7. The third-order valence-electron chi connectivity index (χ3n) is 3.27. The van der Waals surface area contributed by atoms with E-state index in [2.05, 4.69) is 46.2 Å². The average Bonchev–Trinajstić information content (AvgIpc) is 2.19. The molecule has 0 aliphatic heterocycles. The maximum atomic E-state index is 5.57. The van der Waals surface area contributed by atoms with E-state index < -0.39 is 24.8 Å². The molecular formula is C12H33O2PSi3. The molecule has 1 atom stereocenters. The first-order chi connectivity index (χ1) is 8.07. The van der Waals surface area contributed by atoms with Gasteiger partial charge in [-0.25, -0.2) is 0 Å². The second-order valence-electron chi connectivity index (χ2n) is 6.91. The highest BCUT2D eigenvalue weighted by Crippen LogP contribution is 2.60. The molecular weight excluding hydrogens is 291 g/mol. The summed E-state index contributed by atoms with van der Waals surface area (Å²) >= 11 is 0. The lowest BCUT2D eigenvalue weighted by molar-refractivity contribution is 0.277. The van der Waals surface area contributed by atoms with Crippen LogP contribution in [-0.4, -0.2) is 44.6 Å². The Kier molecular flexibility index (Phi) is 8.12. The summed E-state index contributed by atoms with van der Waals surface area (Å²) in [4.78, 5) is 0. The van der Waals surface area contributed by atoms with Gasteiger partial charge in [-0.1, -0.05) is 52.6 Å². The van der Waals surface area contributed by atoms with Crippen LogP contribution in [0.4, 0.5) is 0 Å². The summed E-state index contributed by atoms with van der Waals surface area (Å²) in [5.41, 5.74) is 0.870. The van der Waals surface area contributed by atoms with Crippen LogP contribution < -0.4 is 0 Å². The molecule has 0 aliphatic rings. The maximum Gasteiger partial charge on any atom is 0.321 e. The van der Waals surface area contributed by atoms with Crippen molar-refractivity contribution >= 4 is 31.8 Å². The van der Waals surface area contributed by atoms with E-state index in [9.17, 15) is 0 Å². The smallest absolute Gasteiger partial charge is 0.321 e. The van der Waals surface area contributed by atoms with Crippen LogP contribution in [-0.2, 0) is 8.85 Å². The Labute approximate surface area is 119 Å². The number of rotatable bonds is 8. The van der Waals surface area contributed by atoms with Gasteiger partial charge < -0.3 is 8.85 Å². The fraction of sp³-hybridized carbons (Fsp3) is 1.00. The third kappa shape index (κ3) is 5.97. The molecule has 0 spiro atoms. The van der Waals surface area contributed by atoms with Gasteiger partial charge in [-0.3, -0.25) is 0 Å². The Bertz CT molecular complexity index is 220. The minimum atomic E-state index is -1.41. The van der Waals surface area contributed by atoms with E-state index in [0.29, 0.717) is 0 Å². The molecule has 0 radical (unpaired) electrons. The minimum absolute atomic E-state index is 0.202. The van der Waals surface area contributed by atoms with Crippen molar-refractivity contribution in [3.8, 4) is 0 Å². The zero-order valence-corrected chi connectivity index (χ0v) is 17.9. The molecule has 0 amide bonds. The van der Waals surface area contributed by atoms with Crippen molar-refractivity contribution in [1.82, 2.24) is 0 Å². The van der Waals surface area contributed by atoms with Gasteiger partial charge in [0.1, 0.15) is 0 Å². The van der Waals surface area contributed by atoms with Crippen molar-refractivity contribution in [3.63, 3.8) is 0 Å². The number of hydrogen-bond acceptors (Lipinski definition) is 2. The van der Waals surface area contributed by atoms with Gasteiger partial charge in [-0.2, -0.15) is 0 Å². The van der Waals surface area contributed by atoms with E-state index in [1.54, 1.807) is 0 Å². The molecule has 0 aromatic heterocycles. The molecule has 0 N–H and O–H groups in total. The van der Waals surface area contributed by atoms with E-state index in [1.807, 2.05) is 14.2 Å². The Morgan fingerprint density at radius 1 is 0.944 bits per heavy atom. The van der Waals surface area contributed by atoms with Crippen LogP contribution in [0.5, 0.6) is 0 Å². The molecule has 0 rings (SSSR count). The molecule has 0 aromatic carbocycles. The standard InChI is InChI=1S/C12H33O2PSi3/c1-10-12(11-16(13-2)14-3)15(17(4,5)6)18(7,8)9/h12,16H,10-11H2,1-9H3. The fourth-order valence-corrected chi connectivity index (χ4v) is 44.1. The zero-order chi connectivity index (χ0) is 14.6. The Morgan fingerprint density at radius 2 is 1.33 bits per heavy atom. The van der Waals surface area contributed by atoms with Crippen molar-refractivity contribution in [2.24, 2.45) is 0 Å². The highest BCUT2D eigenvalue weighted by molar-refractivity contribution is 8.18. The second-order valence-corrected chi connectivity index (χ2v) is 31.6. The molecule has 110 valence electrons. The topological polar surface area (TPSA) is 18.5 Å². The minimum Gasteiger partial charge on any atom is -0.400 e. The molecule has 1 unspecified atom stereocenters. The highest BCUT2D eigenvalue weighted by atomic mass is 31.6. The SMILES string of the molecule is CCC(C[SiH](OC)OC)P([Si](C)(C)C)[Si](C)(C)C. The van der Waals surface area contributed by atoms with Gasteiger partial charge in [-0.15, -0.1) is 7.02 Å². The first kappa shape index (κ1) is 19.0.